The fraction of sp³-hybridized carbons (Fsp3) is 0.545. The molecule has 0 atom stereocenters. The van der Waals surface area contributed by atoms with Gasteiger partial charge in [-0.15, -0.1) is 0 Å². The third-order valence-corrected chi connectivity index (χ3v) is 6.59. The minimum absolute atomic E-state index is 0.0681. The predicted molar refractivity (Wildman–Crippen MR) is 112 cm³/mol. The minimum atomic E-state index is -2.57. The first-order valence-corrected chi connectivity index (χ1v) is 10.9. The molecule has 1 saturated heterocycles. The number of nitrogens with zero attached hydrogens (tertiary/aromatic N) is 2. The molecule has 0 spiro atoms. The highest BCUT2D eigenvalue weighted by Gasteiger charge is 2.35. The molecule has 1 aliphatic carbocycles. The summed E-state index contributed by atoms with van der Waals surface area (Å²) in [5.74, 6) is -2.58. The molecule has 162 valence electrons. The van der Waals surface area contributed by atoms with Gasteiger partial charge < -0.3 is 14.8 Å². The van der Waals surface area contributed by atoms with E-state index in [1.807, 2.05) is 21.6 Å². The zero-order valence-corrected chi connectivity index (χ0v) is 17.6. The lowest BCUT2D eigenvalue weighted by Gasteiger charge is -2.28. The van der Waals surface area contributed by atoms with Crippen LogP contribution in [-0.2, 0) is 11.3 Å². The Kier molecular flexibility index (Phi) is 6.00. The molecule has 2 heterocycles. The number of aromatic nitrogens is 1. The highest BCUT2D eigenvalue weighted by molar-refractivity contribution is 6.36. The molecule has 0 unspecified atom stereocenters. The van der Waals surface area contributed by atoms with E-state index in [2.05, 4.69) is 5.32 Å². The standard InChI is InChI=1S/C22H26ClF2N3O2/c23-17-3-1-4-18-20(17)16(14-28(18)12-11-27-10-2-5-19(27)29)21(30)26-13-15-6-8-22(24,25)9-7-15/h1,3-4,14-15H,2,5-13H2,(H,26,30). The molecular formula is C22H26ClF2N3O2. The van der Waals surface area contributed by atoms with Crippen molar-refractivity contribution in [2.45, 2.75) is 51.0 Å². The topological polar surface area (TPSA) is 54.3 Å². The van der Waals surface area contributed by atoms with Gasteiger partial charge in [0, 0.05) is 57.0 Å². The molecule has 2 aliphatic rings. The summed E-state index contributed by atoms with van der Waals surface area (Å²) in [6, 6.07) is 5.50. The summed E-state index contributed by atoms with van der Waals surface area (Å²) >= 11 is 6.41. The van der Waals surface area contributed by atoms with Crippen LogP contribution in [0.5, 0.6) is 0 Å². The lowest BCUT2D eigenvalue weighted by Crippen LogP contribution is -2.33. The van der Waals surface area contributed by atoms with Gasteiger partial charge in [0.1, 0.15) is 0 Å². The molecule has 1 aliphatic heterocycles. The molecule has 4 rings (SSSR count). The van der Waals surface area contributed by atoms with Gasteiger partial charge in [-0.05, 0) is 37.3 Å². The van der Waals surface area contributed by atoms with Crippen LogP contribution in [0.3, 0.4) is 0 Å². The number of carbonyl (C=O) groups is 2. The maximum Gasteiger partial charge on any atom is 0.253 e. The Hall–Kier alpha value is -2.15. The highest BCUT2D eigenvalue weighted by Crippen LogP contribution is 2.36. The summed E-state index contributed by atoms with van der Waals surface area (Å²) < 4.78 is 28.6. The number of hydrogen-bond donors (Lipinski definition) is 1. The van der Waals surface area contributed by atoms with Gasteiger partial charge in [0.25, 0.3) is 5.91 Å². The van der Waals surface area contributed by atoms with Crippen LogP contribution >= 0.6 is 11.6 Å². The molecule has 0 radical (unpaired) electrons. The first-order valence-electron chi connectivity index (χ1n) is 10.6. The SMILES string of the molecule is O=C(NCC1CCC(F)(F)CC1)c1cn(CCN2CCCC2=O)c2cccc(Cl)c12. The van der Waals surface area contributed by atoms with Crippen LogP contribution in [0.25, 0.3) is 10.9 Å². The van der Waals surface area contributed by atoms with Crippen LogP contribution in [0.2, 0.25) is 5.02 Å². The Labute approximate surface area is 179 Å². The Balaban J connectivity index is 1.47. The zero-order valence-electron chi connectivity index (χ0n) is 16.8. The molecule has 2 aromatic rings. The average molecular weight is 438 g/mol. The summed E-state index contributed by atoms with van der Waals surface area (Å²) in [5, 5.41) is 4.08. The van der Waals surface area contributed by atoms with Crippen molar-refractivity contribution in [3.05, 3.63) is 35.0 Å². The van der Waals surface area contributed by atoms with Crippen LogP contribution in [0, 0.1) is 5.92 Å². The fourth-order valence-electron chi connectivity index (χ4n) is 4.47. The molecule has 2 amide bonds. The third-order valence-electron chi connectivity index (χ3n) is 6.27. The maximum atomic E-state index is 13.3. The van der Waals surface area contributed by atoms with Crippen LogP contribution in [0.4, 0.5) is 8.78 Å². The van der Waals surface area contributed by atoms with Crippen LogP contribution in [0.15, 0.2) is 24.4 Å². The molecule has 1 aromatic carbocycles. The second-order valence-corrected chi connectivity index (χ2v) is 8.77. The Bertz CT molecular complexity index is 949. The number of hydrogen-bond acceptors (Lipinski definition) is 2. The molecule has 1 saturated carbocycles. The van der Waals surface area contributed by atoms with Crippen LogP contribution in [-0.4, -0.2) is 46.8 Å². The van der Waals surface area contributed by atoms with E-state index in [9.17, 15) is 18.4 Å². The molecule has 5 nitrogen and oxygen atoms in total. The molecule has 2 fully saturated rings. The van der Waals surface area contributed by atoms with Crippen LogP contribution < -0.4 is 5.32 Å². The molecule has 1 aromatic heterocycles. The first kappa shape index (κ1) is 21.1. The van der Waals surface area contributed by atoms with E-state index in [1.165, 1.54) is 0 Å². The summed E-state index contributed by atoms with van der Waals surface area (Å²) in [7, 11) is 0. The largest absolute Gasteiger partial charge is 0.352 e. The Morgan fingerprint density at radius 3 is 2.70 bits per heavy atom. The average Bonchev–Trinajstić information content (AvgIpc) is 3.29. The van der Waals surface area contributed by atoms with E-state index in [1.54, 1.807) is 12.3 Å². The van der Waals surface area contributed by atoms with Crippen molar-refractivity contribution in [2.75, 3.05) is 19.6 Å². The van der Waals surface area contributed by atoms with Gasteiger partial charge in [0.2, 0.25) is 11.8 Å². The molecule has 1 N–H and O–H groups in total. The highest BCUT2D eigenvalue weighted by atomic mass is 35.5. The van der Waals surface area contributed by atoms with E-state index in [0.717, 1.165) is 18.5 Å². The number of rotatable bonds is 6. The number of alkyl halides is 2. The zero-order chi connectivity index (χ0) is 21.3. The van der Waals surface area contributed by atoms with Gasteiger partial charge >= 0.3 is 0 Å². The Morgan fingerprint density at radius 2 is 2.00 bits per heavy atom. The van der Waals surface area contributed by atoms with Gasteiger partial charge in [-0.25, -0.2) is 8.78 Å². The predicted octanol–water partition coefficient (Wildman–Crippen LogP) is 4.47. The molecular weight excluding hydrogens is 412 g/mol. The van der Waals surface area contributed by atoms with Crippen molar-refractivity contribution >= 4 is 34.3 Å². The number of halogens is 3. The summed E-state index contributed by atoms with van der Waals surface area (Å²) in [5.41, 5.74) is 1.32. The van der Waals surface area contributed by atoms with E-state index in [4.69, 9.17) is 11.6 Å². The van der Waals surface area contributed by atoms with Crippen LogP contribution in [0.1, 0.15) is 48.9 Å². The Morgan fingerprint density at radius 1 is 1.23 bits per heavy atom. The first-order chi connectivity index (χ1) is 14.3. The van der Waals surface area contributed by atoms with Crippen molar-refractivity contribution in [1.29, 1.82) is 0 Å². The van der Waals surface area contributed by atoms with E-state index >= 15 is 0 Å². The second kappa shape index (κ2) is 8.53. The minimum Gasteiger partial charge on any atom is -0.352 e. The number of amides is 2. The summed E-state index contributed by atoms with van der Waals surface area (Å²) in [6.07, 6.45) is 3.86. The molecule has 30 heavy (non-hydrogen) atoms. The number of carbonyl (C=O) groups excluding carboxylic acids is 2. The van der Waals surface area contributed by atoms with Crippen molar-refractivity contribution in [3.63, 3.8) is 0 Å². The third kappa shape index (κ3) is 4.46. The normalized spacial score (nSPS) is 19.6. The summed E-state index contributed by atoms with van der Waals surface area (Å²) in [6.45, 7) is 2.32. The second-order valence-electron chi connectivity index (χ2n) is 8.36. The number of benzene rings is 1. The van der Waals surface area contributed by atoms with Gasteiger partial charge in [-0.2, -0.15) is 0 Å². The number of nitrogens with one attached hydrogen (secondary N) is 1. The monoisotopic (exact) mass is 437 g/mol. The fourth-order valence-corrected chi connectivity index (χ4v) is 4.74. The van der Waals surface area contributed by atoms with E-state index < -0.39 is 5.92 Å². The van der Waals surface area contributed by atoms with Crippen molar-refractivity contribution in [2.24, 2.45) is 5.92 Å². The summed E-state index contributed by atoms with van der Waals surface area (Å²) in [4.78, 5) is 26.6. The number of fused-ring (bicyclic) bond motifs is 1. The maximum absolute atomic E-state index is 13.3. The van der Waals surface area contributed by atoms with Crippen molar-refractivity contribution in [1.82, 2.24) is 14.8 Å². The van der Waals surface area contributed by atoms with Gasteiger partial charge in [-0.1, -0.05) is 17.7 Å². The quantitative estimate of drug-likeness (QED) is 0.724. The molecule has 8 heteroatoms. The molecule has 0 bridgehead atoms. The lowest BCUT2D eigenvalue weighted by atomic mass is 9.87. The lowest BCUT2D eigenvalue weighted by molar-refractivity contribution is -0.127. The van der Waals surface area contributed by atoms with Gasteiger partial charge in [0.05, 0.1) is 16.1 Å². The van der Waals surface area contributed by atoms with Crippen molar-refractivity contribution < 1.29 is 18.4 Å². The van der Waals surface area contributed by atoms with E-state index in [0.29, 0.717) is 54.9 Å². The van der Waals surface area contributed by atoms with E-state index in [-0.39, 0.29) is 30.6 Å². The van der Waals surface area contributed by atoms with Gasteiger partial charge in [0.15, 0.2) is 0 Å². The van der Waals surface area contributed by atoms with Crippen molar-refractivity contribution in [3.8, 4) is 0 Å². The number of likely N-dealkylation sites (tertiary alicyclic amines) is 1. The van der Waals surface area contributed by atoms with Gasteiger partial charge in [-0.3, -0.25) is 9.59 Å². The smallest absolute Gasteiger partial charge is 0.253 e.